The second-order valence-corrected chi connectivity index (χ2v) is 1.92. The van der Waals surface area contributed by atoms with Gasteiger partial charge in [0.05, 0.1) is 0 Å². The lowest BCUT2D eigenvalue weighted by atomic mass is 10.2. The van der Waals surface area contributed by atoms with Crippen molar-refractivity contribution in [2.75, 3.05) is 13.7 Å². The van der Waals surface area contributed by atoms with Gasteiger partial charge >= 0.3 is 0 Å². The summed E-state index contributed by atoms with van der Waals surface area (Å²) in [5, 5.41) is 0. The quantitative estimate of drug-likeness (QED) is 0.622. The Hall–Kier alpha value is -0.220. The first kappa shape index (κ1) is 8.78. The van der Waals surface area contributed by atoms with E-state index in [1.807, 2.05) is 0 Å². The summed E-state index contributed by atoms with van der Waals surface area (Å²) < 4.78 is 28.8. The fourth-order valence-electron chi connectivity index (χ4n) is 0.510. The lowest BCUT2D eigenvalue weighted by Crippen LogP contribution is -2.38. The van der Waals surface area contributed by atoms with Crippen molar-refractivity contribution in [1.29, 1.82) is 0 Å². The average Bonchev–Trinajstić information content (AvgIpc) is 1.65. The summed E-state index contributed by atoms with van der Waals surface area (Å²) in [5.41, 5.74) is 4.96. The molecule has 9 heavy (non-hydrogen) atoms. The molecule has 0 aliphatic carbocycles. The molecule has 2 nitrogen and oxygen atoms in total. The van der Waals surface area contributed by atoms with E-state index in [-0.39, 0.29) is 6.54 Å². The fourth-order valence-corrected chi connectivity index (χ4v) is 0.510. The van der Waals surface area contributed by atoms with Gasteiger partial charge in [-0.1, -0.05) is 0 Å². The number of ether oxygens (including phenoxy) is 1. The first-order valence-electron chi connectivity index (χ1n) is 2.63. The zero-order chi connectivity index (χ0) is 7.49. The Morgan fingerprint density at radius 3 is 2.11 bits per heavy atom. The highest BCUT2D eigenvalue weighted by molar-refractivity contribution is 4.72. The zero-order valence-corrected chi connectivity index (χ0v) is 5.53. The number of alkyl halides is 2. The number of halogens is 2. The van der Waals surface area contributed by atoms with E-state index in [0.29, 0.717) is 0 Å². The summed E-state index contributed by atoms with van der Waals surface area (Å²) in [4.78, 5) is 0. The molecule has 0 rings (SSSR count). The third-order valence-electron chi connectivity index (χ3n) is 1.06. The summed E-state index contributed by atoms with van der Waals surface area (Å²) in [6, 6.07) is 0. The largest absolute Gasteiger partial charge is 0.374 e. The normalized spacial score (nSPS) is 15.7. The summed E-state index contributed by atoms with van der Waals surface area (Å²) in [7, 11) is 1.22. The number of methoxy groups -OCH3 is 1. The minimum Gasteiger partial charge on any atom is -0.374 e. The molecule has 0 saturated carbocycles. The molecule has 1 unspecified atom stereocenters. The van der Waals surface area contributed by atoms with Gasteiger partial charge in [-0.3, -0.25) is 0 Å². The average molecular weight is 139 g/mol. The van der Waals surface area contributed by atoms with Gasteiger partial charge in [-0.15, -0.1) is 0 Å². The maximum absolute atomic E-state index is 12.2. The third kappa shape index (κ3) is 2.72. The van der Waals surface area contributed by atoms with Crippen molar-refractivity contribution in [2.24, 2.45) is 5.73 Å². The van der Waals surface area contributed by atoms with E-state index >= 15 is 0 Å². The zero-order valence-electron chi connectivity index (χ0n) is 5.53. The van der Waals surface area contributed by atoms with E-state index in [2.05, 4.69) is 4.74 Å². The molecule has 0 spiro atoms. The molecule has 0 fully saturated rings. The van der Waals surface area contributed by atoms with Gasteiger partial charge in [0, 0.05) is 20.6 Å². The molecule has 2 N–H and O–H groups in total. The Morgan fingerprint density at radius 2 is 2.11 bits per heavy atom. The van der Waals surface area contributed by atoms with Crippen molar-refractivity contribution < 1.29 is 13.5 Å². The van der Waals surface area contributed by atoms with Crippen LogP contribution in [0.1, 0.15) is 6.92 Å². The Labute approximate surface area is 53.0 Å². The van der Waals surface area contributed by atoms with Gasteiger partial charge < -0.3 is 10.5 Å². The third-order valence-corrected chi connectivity index (χ3v) is 1.06. The van der Waals surface area contributed by atoms with E-state index in [0.717, 1.165) is 6.92 Å². The number of rotatable bonds is 3. The van der Waals surface area contributed by atoms with Gasteiger partial charge in [-0.25, -0.2) is 8.78 Å². The van der Waals surface area contributed by atoms with Crippen LogP contribution in [-0.4, -0.2) is 25.7 Å². The number of hydrogen-bond donors (Lipinski definition) is 1. The minimum absolute atomic E-state index is 0.153. The van der Waals surface area contributed by atoms with Crippen LogP contribution in [0.25, 0.3) is 0 Å². The topological polar surface area (TPSA) is 35.2 Å². The maximum Gasteiger partial charge on any atom is 0.272 e. The summed E-state index contributed by atoms with van der Waals surface area (Å²) >= 11 is 0. The van der Waals surface area contributed by atoms with Crippen LogP contribution in [0.4, 0.5) is 8.78 Å². The summed E-state index contributed by atoms with van der Waals surface area (Å²) in [6.07, 6.45) is -1.16. The highest BCUT2D eigenvalue weighted by atomic mass is 19.3. The molecule has 0 heterocycles. The van der Waals surface area contributed by atoms with Gasteiger partial charge in [0.2, 0.25) is 0 Å². The smallest absolute Gasteiger partial charge is 0.272 e. The Morgan fingerprint density at radius 1 is 1.67 bits per heavy atom. The molecular formula is C5H11F2NO. The van der Waals surface area contributed by atoms with E-state index in [9.17, 15) is 8.78 Å². The molecule has 0 aromatic carbocycles. The van der Waals surface area contributed by atoms with Crippen LogP contribution < -0.4 is 5.73 Å². The monoisotopic (exact) mass is 139 g/mol. The predicted molar refractivity (Wildman–Crippen MR) is 30.5 cm³/mol. The molecule has 1 atom stereocenters. The Bertz CT molecular complexity index is 77.5. The molecule has 0 aliphatic rings. The van der Waals surface area contributed by atoms with Gasteiger partial charge in [0.1, 0.15) is 6.10 Å². The van der Waals surface area contributed by atoms with E-state index in [1.54, 1.807) is 0 Å². The maximum atomic E-state index is 12.2. The molecule has 56 valence electrons. The van der Waals surface area contributed by atoms with Gasteiger partial charge in [0.25, 0.3) is 5.92 Å². The molecule has 0 saturated heterocycles. The summed E-state index contributed by atoms with van der Waals surface area (Å²) in [5.74, 6) is -2.83. The Kier molecular flexibility index (Phi) is 3.00. The number of hydrogen-bond acceptors (Lipinski definition) is 2. The van der Waals surface area contributed by atoms with Crippen LogP contribution in [0, 0.1) is 0 Å². The SMILES string of the molecule is COC(CN)C(C)(F)F. The number of nitrogens with two attached hydrogens (primary N) is 1. The first-order valence-corrected chi connectivity index (χ1v) is 2.63. The second kappa shape index (κ2) is 3.08. The van der Waals surface area contributed by atoms with Crippen LogP contribution in [0.3, 0.4) is 0 Å². The molecular weight excluding hydrogens is 128 g/mol. The highest BCUT2D eigenvalue weighted by Crippen LogP contribution is 2.18. The van der Waals surface area contributed by atoms with Crippen molar-refractivity contribution in [1.82, 2.24) is 0 Å². The van der Waals surface area contributed by atoms with E-state index in [1.165, 1.54) is 7.11 Å². The van der Waals surface area contributed by atoms with Gasteiger partial charge in [-0.2, -0.15) is 0 Å². The second-order valence-electron chi connectivity index (χ2n) is 1.92. The van der Waals surface area contributed by atoms with Gasteiger partial charge in [0.15, 0.2) is 0 Å². The van der Waals surface area contributed by atoms with Crippen LogP contribution in [-0.2, 0) is 4.74 Å². The lowest BCUT2D eigenvalue weighted by Gasteiger charge is -2.19. The predicted octanol–water partition coefficient (Wildman–Crippen LogP) is 0.615. The highest BCUT2D eigenvalue weighted by Gasteiger charge is 2.32. The van der Waals surface area contributed by atoms with Crippen LogP contribution in [0.15, 0.2) is 0 Å². The first-order chi connectivity index (χ1) is 4.02. The standard InChI is InChI=1S/C5H11F2NO/c1-5(6,7)4(3-8)9-2/h4H,3,8H2,1-2H3. The van der Waals surface area contributed by atoms with Crippen molar-refractivity contribution >= 4 is 0 Å². The molecule has 0 radical (unpaired) electrons. The molecule has 0 bridgehead atoms. The molecule has 0 amide bonds. The Balaban J connectivity index is 3.79. The molecule has 0 aromatic rings. The summed E-state index contributed by atoms with van der Waals surface area (Å²) in [6.45, 7) is 0.633. The fraction of sp³-hybridized carbons (Fsp3) is 1.00. The van der Waals surface area contributed by atoms with Crippen molar-refractivity contribution in [3.8, 4) is 0 Å². The molecule has 0 aliphatic heterocycles. The van der Waals surface area contributed by atoms with Gasteiger partial charge in [-0.05, 0) is 0 Å². The lowest BCUT2D eigenvalue weighted by molar-refractivity contribution is -0.105. The van der Waals surface area contributed by atoms with Crippen molar-refractivity contribution in [3.63, 3.8) is 0 Å². The van der Waals surface area contributed by atoms with Crippen molar-refractivity contribution in [2.45, 2.75) is 19.0 Å². The van der Waals surface area contributed by atoms with E-state index in [4.69, 9.17) is 5.73 Å². The van der Waals surface area contributed by atoms with Crippen LogP contribution in [0.5, 0.6) is 0 Å². The van der Waals surface area contributed by atoms with Crippen LogP contribution >= 0.6 is 0 Å². The molecule has 0 aromatic heterocycles. The van der Waals surface area contributed by atoms with E-state index < -0.39 is 12.0 Å². The molecule has 4 heteroatoms. The minimum atomic E-state index is -2.83. The van der Waals surface area contributed by atoms with Crippen molar-refractivity contribution in [3.05, 3.63) is 0 Å². The van der Waals surface area contributed by atoms with Crippen LogP contribution in [0.2, 0.25) is 0 Å².